The second kappa shape index (κ2) is 8.16. The van der Waals surface area contributed by atoms with E-state index in [9.17, 15) is 13.7 Å². The van der Waals surface area contributed by atoms with Crippen LogP contribution in [-0.2, 0) is 10.3 Å². The number of alkyl halides is 1. The van der Waals surface area contributed by atoms with Gasteiger partial charge in [-0.15, -0.1) is 16.7 Å². The average Bonchev–Trinajstić information content (AvgIpc) is 2.62. The lowest BCUT2D eigenvalue weighted by Crippen LogP contribution is -2.49. The van der Waals surface area contributed by atoms with Crippen LogP contribution in [0, 0.1) is 16.6 Å². The lowest BCUT2D eigenvalue weighted by molar-refractivity contribution is -0.0620. The van der Waals surface area contributed by atoms with E-state index < -0.39 is 24.1 Å². The van der Waals surface area contributed by atoms with Gasteiger partial charge in [0.2, 0.25) is 0 Å². The first-order chi connectivity index (χ1) is 11.6. The summed E-state index contributed by atoms with van der Waals surface area (Å²) in [5.41, 5.74) is -0.412. The minimum atomic E-state index is -0.880. The Morgan fingerprint density at radius 1 is 1.46 bits per heavy atom. The summed E-state index contributed by atoms with van der Waals surface area (Å²) in [4.78, 5) is 15.5. The molecule has 0 N–H and O–H groups in total. The Morgan fingerprint density at radius 3 is 2.88 bits per heavy atom. The van der Waals surface area contributed by atoms with Gasteiger partial charge in [0.1, 0.15) is 18.2 Å². The zero-order valence-electron chi connectivity index (χ0n) is 14.1. The summed E-state index contributed by atoms with van der Waals surface area (Å²) in [7, 11) is 0. The molecule has 0 aromatic heterocycles. The van der Waals surface area contributed by atoms with E-state index in [-0.39, 0.29) is 18.0 Å². The van der Waals surface area contributed by atoms with E-state index in [2.05, 4.69) is 10.2 Å². The summed E-state index contributed by atoms with van der Waals surface area (Å²) in [6.07, 6.45) is -0.339. The topological polar surface area (TPSA) is 51.0 Å². The highest BCUT2D eigenvalue weighted by molar-refractivity contribution is 8.13. The standard InChI is InChI=1S/C15H16F2N2O2S.C2H6/c1-9-18-15(13-4-11(19-20)2-3-14(13)17)5-12(6-16)21-7-10(15)8-22-9;1-2/h2-4,10,12H,5-8H2,1H3;1-2H3/t10?,12-,15?;/m1./s1. The van der Waals surface area contributed by atoms with Crippen LogP contribution in [0.15, 0.2) is 28.4 Å². The highest BCUT2D eigenvalue weighted by atomic mass is 32.2. The van der Waals surface area contributed by atoms with E-state index >= 15 is 0 Å². The quantitative estimate of drug-likeness (QED) is 0.717. The van der Waals surface area contributed by atoms with E-state index in [1.165, 1.54) is 18.2 Å². The van der Waals surface area contributed by atoms with Crippen LogP contribution in [0.5, 0.6) is 0 Å². The number of nitroso groups, excluding NO2 is 1. The molecular formula is C17H22F2N2O2S. The summed E-state index contributed by atoms with van der Waals surface area (Å²) in [6.45, 7) is 5.56. The molecule has 7 heteroatoms. The molecule has 24 heavy (non-hydrogen) atoms. The first-order valence-electron chi connectivity index (χ1n) is 8.09. The van der Waals surface area contributed by atoms with Crippen molar-refractivity contribution in [3.63, 3.8) is 0 Å². The summed E-state index contributed by atoms with van der Waals surface area (Å²) < 4.78 is 33.1. The molecule has 0 amide bonds. The fourth-order valence-corrected chi connectivity index (χ4v) is 4.25. The molecule has 0 aliphatic carbocycles. The van der Waals surface area contributed by atoms with Crippen LogP contribution in [0.4, 0.5) is 14.5 Å². The van der Waals surface area contributed by atoms with Gasteiger partial charge in [-0.25, -0.2) is 8.78 Å². The second-order valence-electron chi connectivity index (χ2n) is 5.63. The van der Waals surface area contributed by atoms with Crippen LogP contribution < -0.4 is 0 Å². The molecule has 132 valence electrons. The van der Waals surface area contributed by atoms with Gasteiger partial charge in [0.25, 0.3) is 0 Å². The van der Waals surface area contributed by atoms with Gasteiger partial charge >= 0.3 is 0 Å². The Kier molecular flexibility index (Phi) is 6.46. The largest absolute Gasteiger partial charge is 0.375 e. The van der Waals surface area contributed by atoms with Crippen molar-refractivity contribution in [1.82, 2.24) is 0 Å². The smallest absolute Gasteiger partial charge is 0.129 e. The highest BCUT2D eigenvalue weighted by Crippen LogP contribution is 2.48. The molecule has 1 saturated heterocycles. The zero-order chi connectivity index (χ0) is 17.7. The Bertz CT molecular complexity index is 627. The first kappa shape index (κ1) is 19.0. The molecule has 0 radical (unpaired) electrons. The Morgan fingerprint density at radius 2 is 2.21 bits per heavy atom. The monoisotopic (exact) mass is 356 g/mol. The van der Waals surface area contributed by atoms with Crippen molar-refractivity contribution in [2.24, 2.45) is 16.1 Å². The fourth-order valence-electron chi connectivity index (χ4n) is 3.21. The van der Waals surface area contributed by atoms with Crippen molar-refractivity contribution in [2.75, 3.05) is 19.0 Å². The van der Waals surface area contributed by atoms with Gasteiger partial charge in [-0.1, -0.05) is 13.8 Å². The maximum atomic E-state index is 14.5. The van der Waals surface area contributed by atoms with E-state index in [0.717, 1.165) is 10.8 Å². The Labute approximate surface area is 145 Å². The third-order valence-electron chi connectivity index (χ3n) is 4.29. The number of aliphatic imine (C=N–C) groups is 1. The van der Waals surface area contributed by atoms with Gasteiger partial charge in [-0.3, -0.25) is 4.99 Å². The molecule has 2 unspecified atom stereocenters. The van der Waals surface area contributed by atoms with Crippen LogP contribution in [-0.4, -0.2) is 30.2 Å². The fraction of sp³-hybridized carbons (Fsp3) is 0.588. The summed E-state index contributed by atoms with van der Waals surface area (Å²) in [5.74, 6) is 0.229. The molecule has 4 nitrogen and oxygen atoms in total. The molecule has 3 rings (SSSR count). The van der Waals surface area contributed by atoms with Gasteiger partial charge in [0, 0.05) is 23.7 Å². The molecule has 1 aromatic carbocycles. The lowest BCUT2D eigenvalue weighted by Gasteiger charge is -2.46. The molecule has 0 spiro atoms. The van der Waals surface area contributed by atoms with Crippen molar-refractivity contribution in [2.45, 2.75) is 38.8 Å². The SMILES string of the molecule is CC.CC1=NC2(c3cc(N=O)ccc3F)C[C@H](CF)OCC2CS1. The van der Waals surface area contributed by atoms with Gasteiger partial charge in [0.05, 0.1) is 23.3 Å². The number of benzene rings is 1. The normalized spacial score (nSPS) is 29.0. The molecule has 1 aromatic rings. The number of hydrogen-bond acceptors (Lipinski definition) is 5. The van der Waals surface area contributed by atoms with E-state index in [4.69, 9.17) is 4.74 Å². The number of nitrogens with zero attached hydrogens (tertiary/aromatic N) is 2. The predicted molar refractivity (Wildman–Crippen MR) is 94.3 cm³/mol. The third kappa shape index (κ3) is 3.52. The number of thioether (sulfide) groups is 1. The van der Waals surface area contributed by atoms with E-state index in [0.29, 0.717) is 12.2 Å². The average molecular weight is 356 g/mol. The minimum Gasteiger partial charge on any atom is -0.375 e. The van der Waals surface area contributed by atoms with Crippen molar-refractivity contribution < 1.29 is 13.5 Å². The molecular weight excluding hydrogens is 334 g/mol. The maximum absolute atomic E-state index is 14.5. The first-order valence-corrected chi connectivity index (χ1v) is 9.08. The molecule has 3 atom stereocenters. The van der Waals surface area contributed by atoms with Crippen LogP contribution >= 0.6 is 11.8 Å². The molecule has 0 saturated carbocycles. The van der Waals surface area contributed by atoms with E-state index in [1.807, 2.05) is 20.8 Å². The second-order valence-corrected chi connectivity index (χ2v) is 6.85. The molecule has 2 aliphatic heterocycles. The lowest BCUT2D eigenvalue weighted by atomic mass is 9.73. The van der Waals surface area contributed by atoms with Crippen LogP contribution in [0.1, 0.15) is 32.8 Å². The Balaban J connectivity index is 0.00000100. The van der Waals surface area contributed by atoms with E-state index in [1.54, 1.807) is 11.8 Å². The van der Waals surface area contributed by atoms with Crippen LogP contribution in [0.3, 0.4) is 0 Å². The van der Waals surface area contributed by atoms with Crippen molar-refractivity contribution in [3.8, 4) is 0 Å². The summed E-state index contributed by atoms with van der Waals surface area (Å²) >= 11 is 1.59. The summed E-state index contributed by atoms with van der Waals surface area (Å²) in [6, 6.07) is 3.99. The molecule has 0 bridgehead atoms. The maximum Gasteiger partial charge on any atom is 0.129 e. The van der Waals surface area contributed by atoms with Crippen molar-refractivity contribution in [1.29, 1.82) is 0 Å². The number of ether oxygens (including phenoxy) is 1. The van der Waals surface area contributed by atoms with Crippen molar-refractivity contribution in [3.05, 3.63) is 34.5 Å². The number of hydrogen-bond donors (Lipinski definition) is 0. The van der Waals surface area contributed by atoms with Gasteiger partial charge in [-0.2, -0.15) is 0 Å². The molecule has 1 fully saturated rings. The van der Waals surface area contributed by atoms with Gasteiger partial charge in [-0.05, 0) is 30.3 Å². The van der Waals surface area contributed by atoms with Crippen LogP contribution in [0.25, 0.3) is 0 Å². The third-order valence-corrected chi connectivity index (χ3v) is 5.37. The Hall–Kier alpha value is -1.34. The number of rotatable bonds is 3. The van der Waals surface area contributed by atoms with Gasteiger partial charge < -0.3 is 4.74 Å². The van der Waals surface area contributed by atoms with Gasteiger partial charge in [0.15, 0.2) is 0 Å². The molecule has 2 aliphatic rings. The number of fused-ring (bicyclic) bond motifs is 1. The zero-order valence-corrected chi connectivity index (χ0v) is 14.9. The minimum absolute atomic E-state index is 0.0552. The highest BCUT2D eigenvalue weighted by Gasteiger charge is 2.49. The molecule has 2 heterocycles. The van der Waals surface area contributed by atoms with Crippen molar-refractivity contribution >= 4 is 22.5 Å². The number of halogens is 2. The van der Waals surface area contributed by atoms with Crippen LogP contribution in [0.2, 0.25) is 0 Å². The predicted octanol–water partition coefficient (Wildman–Crippen LogP) is 4.98. The summed E-state index contributed by atoms with van der Waals surface area (Å²) in [5, 5.41) is 3.72.